The molecule has 3 rings (SSSR count). The number of rotatable bonds is 5. The fraction of sp³-hybridized carbons (Fsp3) is 0.429. The first-order chi connectivity index (χ1) is 9.79. The highest BCUT2D eigenvalue weighted by Gasteiger charge is 2.27. The first-order valence-electron chi connectivity index (χ1n) is 6.63. The predicted octanol–water partition coefficient (Wildman–Crippen LogP) is 2.93. The number of imidazole rings is 1. The number of esters is 1. The van der Waals surface area contributed by atoms with Crippen LogP contribution in [0.25, 0.3) is 11.0 Å². The molecule has 0 atom stereocenters. The number of carbonyl (C=O) groups excluding carboxylic acids is 1. The van der Waals surface area contributed by atoms with Crippen LogP contribution in [0.2, 0.25) is 0 Å². The zero-order valence-corrected chi connectivity index (χ0v) is 12.9. The molecule has 1 fully saturated rings. The summed E-state index contributed by atoms with van der Waals surface area (Å²) in [6.07, 6.45) is 0. The van der Waals surface area contributed by atoms with Gasteiger partial charge in [0.05, 0.1) is 17.6 Å². The Morgan fingerprint density at radius 3 is 3.00 bits per heavy atom. The largest absolute Gasteiger partial charge is 0.465 e. The molecule has 0 bridgehead atoms. The molecule has 20 heavy (non-hydrogen) atoms. The fourth-order valence-corrected chi connectivity index (χ4v) is 3.82. The molecule has 2 heterocycles. The molecular formula is C14H16N2O2S2. The third-order valence-corrected chi connectivity index (χ3v) is 5.45. The summed E-state index contributed by atoms with van der Waals surface area (Å²) >= 11 is 3.42. The summed E-state index contributed by atoms with van der Waals surface area (Å²) in [5.41, 5.74) is 2.07. The fourth-order valence-electron chi connectivity index (χ4n) is 2.12. The normalized spacial score (nSPS) is 15.2. The van der Waals surface area contributed by atoms with Crippen LogP contribution < -0.4 is 0 Å². The Bertz CT molecular complexity index is 623. The molecule has 1 aliphatic rings. The van der Waals surface area contributed by atoms with E-state index in [-0.39, 0.29) is 5.97 Å². The number of para-hydroxylation sites is 2. The second kappa shape index (κ2) is 6.10. The van der Waals surface area contributed by atoms with Crippen molar-refractivity contribution in [2.75, 3.05) is 23.9 Å². The number of hydrogen-bond acceptors (Lipinski definition) is 5. The number of benzene rings is 1. The lowest BCUT2D eigenvalue weighted by molar-refractivity contribution is -0.139. The Kier molecular flexibility index (Phi) is 4.21. The molecule has 106 valence electrons. The summed E-state index contributed by atoms with van der Waals surface area (Å²) in [7, 11) is 0. The summed E-state index contributed by atoms with van der Waals surface area (Å²) in [4.78, 5) is 16.3. The third-order valence-electron chi connectivity index (χ3n) is 3.16. The van der Waals surface area contributed by atoms with Gasteiger partial charge < -0.3 is 4.74 Å². The SMILES string of the molecule is CCOC(=O)CSn1c(C2CSC2)nc2ccccc21. The Labute approximate surface area is 126 Å². The minimum absolute atomic E-state index is 0.177. The molecule has 1 aromatic heterocycles. The molecule has 2 aromatic rings. The van der Waals surface area contributed by atoms with Crippen LogP contribution in [0.3, 0.4) is 0 Å². The molecule has 0 aliphatic carbocycles. The minimum atomic E-state index is -0.177. The van der Waals surface area contributed by atoms with Crippen LogP contribution in [-0.4, -0.2) is 38.8 Å². The molecule has 0 spiro atoms. The zero-order valence-electron chi connectivity index (χ0n) is 11.2. The summed E-state index contributed by atoms with van der Waals surface area (Å²) in [5.74, 6) is 3.96. The summed E-state index contributed by atoms with van der Waals surface area (Å²) < 4.78 is 7.10. The van der Waals surface area contributed by atoms with E-state index in [0.717, 1.165) is 28.4 Å². The van der Waals surface area contributed by atoms with Gasteiger partial charge in [0.15, 0.2) is 0 Å². The quantitative estimate of drug-likeness (QED) is 0.795. The zero-order chi connectivity index (χ0) is 13.9. The van der Waals surface area contributed by atoms with Crippen molar-refractivity contribution in [1.29, 1.82) is 0 Å². The molecule has 0 radical (unpaired) electrons. The smallest absolute Gasteiger partial charge is 0.317 e. The van der Waals surface area contributed by atoms with Crippen LogP contribution in [0.4, 0.5) is 0 Å². The van der Waals surface area contributed by atoms with Crippen LogP contribution >= 0.6 is 23.7 Å². The Morgan fingerprint density at radius 2 is 2.30 bits per heavy atom. The van der Waals surface area contributed by atoms with Gasteiger partial charge in [-0.25, -0.2) is 4.98 Å². The molecule has 6 heteroatoms. The Morgan fingerprint density at radius 1 is 1.50 bits per heavy atom. The number of ether oxygens (including phenoxy) is 1. The highest BCUT2D eigenvalue weighted by Crippen LogP contribution is 2.36. The molecule has 0 N–H and O–H groups in total. The van der Waals surface area contributed by atoms with E-state index < -0.39 is 0 Å². The molecule has 4 nitrogen and oxygen atoms in total. The van der Waals surface area contributed by atoms with E-state index in [9.17, 15) is 4.79 Å². The van der Waals surface area contributed by atoms with Crippen molar-refractivity contribution in [3.8, 4) is 0 Å². The summed E-state index contributed by atoms with van der Waals surface area (Å²) in [5, 5.41) is 0. The van der Waals surface area contributed by atoms with Gasteiger partial charge in [-0.2, -0.15) is 11.8 Å². The Balaban J connectivity index is 1.88. The van der Waals surface area contributed by atoms with E-state index in [1.807, 2.05) is 36.9 Å². The van der Waals surface area contributed by atoms with Crippen LogP contribution in [0.5, 0.6) is 0 Å². The van der Waals surface area contributed by atoms with E-state index >= 15 is 0 Å². The number of fused-ring (bicyclic) bond motifs is 1. The van der Waals surface area contributed by atoms with Crippen molar-refractivity contribution < 1.29 is 9.53 Å². The maximum absolute atomic E-state index is 11.6. The average Bonchev–Trinajstić information content (AvgIpc) is 2.73. The summed E-state index contributed by atoms with van der Waals surface area (Å²) in [6, 6.07) is 8.07. The molecule has 1 saturated heterocycles. The van der Waals surface area contributed by atoms with E-state index in [1.54, 1.807) is 0 Å². The van der Waals surface area contributed by atoms with Gasteiger partial charge in [-0.1, -0.05) is 12.1 Å². The lowest BCUT2D eigenvalue weighted by Crippen LogP contribution is -2.19. The van der Waals surface area contributed by atoms with Gasteiger partial charge in [-0.15, -0.1) is 0 Å². The lowest BCUT2D eigenvalue weighted by Gasteiger charge is -2.24. The number of hydrogen-bond donors (Lipinski definition) is 0. The molecular weight excluding hydrogens is 292 g/mol. The van der Waals surface area contributed by atoms with E-state index in [0.29, 0.717) is 18.3 Å². The van der Waals surface area contributed by atoms with Crippen molar-refractivity contribution >= 4 is 40.7 Å². The minimum Gasteiger partial charge on any atom is -0.465 e. The van der Waals surface area contributed by atoms with Gasteiger partial charge in [-0.3, -0.25) is 8.77 Å². The molecule has 0 unspecified atom stereocenters. The van der Waals surface area contributed by atoms with Gasteiger partial charge in [0, 0.05) is 17.4 Å². The summed E-state index contributed by atoms with van der Waals surface area (Å²) in [6.45, 7) is 2.25. The van der Waals surface area contributed by atoms with E-state index in [2.05, 4.69) is 10.0 Å². The van der Waals surface area contributed by atoms with Gasteiger partial charge in [0.1, 0.15) is 11.6 Å². The van der Waals surface area contributed by atoms with Crippen molar-refractivity contribution in [2.45, 2.75) is 12.8 Å². The number of thioether (sulfide) groups is 1. The number of carbonyl (C=O) groups is 1. The van der Waals surface area contributed by atoms with Crippen LogP contribution in [0.15, 0.2) is 24.3 Å². The molecule has 1 aliphatic heterocycles. The van der Waals surface area contributed by atoms with Gasteiger partial charge in [0.25, 0.3) is 0 Å². The van der Waals surface area contributed by atoms with Crippen LogP contribution in [-0.2, 0) is 9.53 Å². The van der Waals surface area contributed by atoms with Gasteiger partial charge >= 0.3 is 5.97 Å². The second-order valence-electron chi connectivity index (χ2n) is 4.57. The van der Waals surface area contributed by atoms with Gasteiger partial charge in [0.2, 0.25) is 0 Å². The van der Waals surface area contributed by atoms with Crippen LogP contribution in [0, 0.1) is 0 Å². The second-order valence-corrected chi connectivity index (χ2v) is 6.55. The van der Waals surface area contributed by atoms with E-state index in [4.69, 9.17) is 9.72 Å². The molecule has 0 saturated carbocycles. The lowest BCUT2D eigenvalue weighted by atomic mass is 10.2. The molecule has 0 amide bonds. The van der Waals surface area contributed by atoms with Gasteiger partial charge in [-0.05, 0) is 31.0 Å². The maximum Gasteiger partial charge on any atom is 0.317 e. The Hall–Kier alpha value is -1.14. The number of aromatic nitrogens is 2. The highest BCUT2D eigenvalue weighted by atomic mass is 32.2. The average molecular weight is 308 g/mol. The van der Waals surface area contributed by atoms with Crippen molar-refractivity contribution in [3.63, 3.8) is 0 Å². The standard InChI is InChI=1S/C14H16N2O2S2/c1-2-18-13(17)9-20-16-12-6-4-3-5-11(12)15-14(16)10-7-19-8-10/h3-6,10H,2,7-9H2,1H3. The topological polar surface area (TPSA) is 44.1 Å². The first-order valence-corrected chi connectivity index (χ1v) is 8.73. The number of nitrogens with zero attached hydrogens (tertiary/aromatic N) is 2. The first kappa shape index (κ1) is 13.8. The van der Waals surface area contributed by atoms with Crippen molar-refractivity contribution in [3.05, 3.63) is 30.1 Å². The molecule has 1 aromatic carbocycles. The van der Waals surface area contributed by atoms with Crippen molar-refractivity contribution in [1.82, 2.24) is 8.96 Å². The predicted molar refractivity (Wildman–Crippen MR) is 84.3 cm³/mol. The van der Waals surface area contributed by atoms with Crippen molar-refractivity contribution in [2.24, 2.45) is 0 Å². The third kappa shape index (κ3) is 2.67. The monoisotopic (exact) mass is 308 g/mol. The van der Waals surface area contributed by atoms with E-state index in [1.165, 1.54) is 11.9 Å². The maximum atomic E-state index is 11.6. The highest BCUT2D eigenvalue weighted by molar-refractivity contribution is 8.00. The van der Waals surface area contributed by atoms with Crippen LogP contribution in [0.1, 0.15) is 18.7 Å².